The Morgan fingerprint density at radius 3 is 2.50 bits per heavy atom. The molecule has 0 radical (unpaired) electrons. The van der Waals surface area contributed by atoms with E-state index in [0.29, 0.717) is 11.6 Å². The third-order valence-electron chi connectivity index (χ3n) is 4.59. The van der Waals surface area contributed by atoms with Gasteiger partial charge in [0, 0.05) is 11.3 Å². The number of hydrogen-bond acceptors (Lipinski definition) is 3. The van der Waals surface area contributed by atoms with Gasteiger partial charge in [0.15, 0.2) is 0 Å². The summed E-state index contributed by atoms with van der Waals surface area (Å²) in [6.07, 6.45) is 6.12. The lowest BCUT2D eigenvalue weighted by Gasteiger charge is -2.20. The average molecular weight is 320 g/mol. The molecule has 1 N–H and O–H groups in total. The summed E-state index contributed by atoms with van der Waals surface area (Å²) in [5, 5.41) is 12.2. The van der Waals surface area contributed by atoms with Crippen molar-refractivity contribution in [2.75, 3.05) is 5.32 Å². The van der Waals surface area contributed by atoms with Gasteiger partial charge in [-0.2, -0.15) is 15.0 Å². The maximum Gasteiger partial charge on any atom is 0.255 e. The Balaban J connectivity index is 1.55. The van der Waals surface area contributed by atoms with E-state index < -0.39 is 0 Å². The Bertz CT molecular complexity index is 850. The molecule has 1 aliphatic rings. The number of aromatic nitrogens is 3. The zero-order valence-corrected chi connectivity index (χ0v) is 13.5. The quantitative estimate of drug-likeness (QED) is 0.787. The number of benzene rings is 2. The van der Waals surface area contributed by atoms with Gasteiger partial charge in [-0.15, -0.1) is 0 Å². The van der Waals surface area contributed by atoms with Gasteiger partial charge in [-0.25, -0.2) is 0 Å². The molecular formula is C19H20N4O. The molecule has 0 saturated heterocycles. The molecule has 0 atom stereocenters. The van der Waals surface area contributed by atoms with Crippen LogP contribution in [0.2, 0.25) is 0 Å². The van der Waals surface area contributed by atoms with Crippen LogP contribution >= 0.6 is 0 Å². The fourth-order valence-electron chi connectivity index (χ4n) is 3.28. The van der Waals surface area contributed by atoms with E-state index in [9.17, 15) is 4.79 Å². The number of nitrogens with one attached hydrogen (secondary N) is 1. The summed E-state index contributed by atoms with van der Waals surface area (Å²) in [4.78, 5) is 14.1. The maximum absolute atomic E-state index is 12.3. The van der Waals surface area contributed by atoms with Crippen LogP contribution in [-0.2, 0) is 0 Å². The van der Waals surface area contributed by atoms with Crippen molar-refractivity contribution in [3.8, 4) is 0 Å². The lowest BCUT2D eigenvalue weighted by molar-refractivity contribution is 0.102. The van der Waals surface area contributed by atoms with E-state index in [1.807, 2.05) is 41.2 Å². The smallest absolute Gasteiger partial charge is 0.255 e. The molecule has 0 unspecified atom stereocenters. The van der Waals surface area contributed by atoms with Gasteiger partial charge in [-0.1, -0.05) is 37.5 Å². The summed E-state index contributed by atoms with van der Waals surface area (Å²) in [5.74, 6) is -0.116. The molecule has 5 heteroatoms. The maximum atomic E-state index is 12.3. The van der Waals surface area contributed by atoms with E-state index in [0.717, 1.165) is 29.6 Å². The largest absolute Gasteiger partial charge is 0.322 e. The molecule has 24 heavy (non-hydrogen) atoms. The van der Waals surface area contributed by atoms with Crippen molar-refractivity contribution in [1.29, 1.82) is 0 Å². The first-order valence-corrected chi connectivity index (χ1v) is 8.52. The summed E-state index contributed by atoms with van der Waals surface area (Å²) in [7, 11) is 0. The second kappa shape index (κ2) is 6.43. The van der Waals surface area contributed by atoms with Gasteiger partial charge in [-0.3, -0.25) is 4.79 Å². The van der Waals surface area contributed by atoms with E-state index in [4.69, 9.17) is 0 Å². The monoisotopic (exact) mass is 320 g/mol. The molecule has 122 valence electrons. The van der Waals surface area contributed by atoms with E-state index in [1.165, 1.54) is 19.3 Å². The van der Waals surface area contributed by atoms with Crippen LogP contribution in [0.25, 0.3) is 11.0 Å². The van der Waals surface area contributed by atoms with Gasteiger partial charge in [0.2, 0.25) is 0 Å². The Morgan fingerprint density at radius 2 is 1.71 bits per heavy atom. The highest BCUT2D eigenvalue weighted by Crippen LogP contribution is 2.28. The lowest BCUT2D eigenvalue weighted by atomic mass is 9.96. The van der Waals surface area contributed by atoms with Gasteiger partial charge < -0.3 is 5.32 Å². The minimum atomic E-state index is -0.116. The van der Waals surface area contributed by atoms with E-state index in [-0.39, 0.29) is 5.91 Å². The first-order chi connectivity index (χ1) is 11.8. The SMILES string of the molecule is O=C(Nc1ccc2nn(C3CCCCC3)nc2c1)c1ccccc1. The van der Waals surface area contributed by atoms with Crippen molar-refractivity contribution in [2.45, 2.75) is 38.1 Å². The summed E-state index contributed by atoms with van der Waals surface area (Å²) in [6, 6.07) is 15.3. The zero-order valence-electron chi connectivity index (χ0n) is 13.5. The number of carbonyl (C=O) groups is 1. The first kappa shape index (κ1) is 14.9. The highest BCUT2D eigenvalue weighted by Gasteiger charge is 2.18. The van der Waals surface area contributed by atoms with Crippen LogP contribution in [0, 0.1) is 0 Å². The van der Waals surface area contributed by atoms with Crippen LogP contribution in [0.15, 0.2) is 48.5 Å². The summed E-state index contributed by atoms with van der Waals surface area (Å²) < 4.78 is 0. The van der Waals surface area contributed by atoms with Gasteiger partial charge in [0.05, 0.1) is 6.04 Å². The van der Waals surface area contributed by atoms with Gasteiger partial charge in [0.1, 0.15) is 11.0 Å². The molecule has 1 amide bonds. The van der Waals surface area contributed by atoms with E-state index >= 15 is 0 Å². The molecule has 1 aromatic heterocycles. The van der Waals surface area contributed by atoms with Gasteiger partial charge >= 0.3 is 0 Å². The van der Waals surface area contributed by atoms with Crippen LogP contribution in [0.5, 0.6) is 0 Å². The normalized spacial score (nSPS) is 15.5. The number of fused-ring (bicyclic) bond motifs is 1. The molecular weight excluding hydrogens is 300 g/mol. The van der Waals surface area contributed by atoms with Crippen molar-refractivity contribution in [2.24, 2.45) is 0 Å². The fraction of sp³-hybridized carbons (Fsp3) is 0.316. The molecule has 1 fully saturated rings. The Kier molecular flexibility index (Phi) is 3.99. The van der Waals surface area contributed by atoms with Crippen molar-refractivity contribution in [3.05, 3.63) is 54.1 Å². The van der Waals surface area contributed by atoms with Gasteiger partial charge in [0.25, 0.3) is 5.91 Å². The standard InChI is InChI=1S/C19H20N4O/c24-19(14-7-3-1-4-8-14)20-15-11-12-17-18(13-15)22-23(21-17)16-9-5-2-6-10-16/h1,3-4,7-8,11-13,16H,2,5-6,9-10H2,(H,20,24). The minimum absolute atomic E-state index is 0.116. The molecule has 1 saturated carbocycles. The average Bonchev–Trinajstić information content (AvgIpc) is 3.06. The van der Waals surface area contributed by atoms with Crippen LogP contribution in [0.3, 0.4) is 0 Å². The van der Waals surface area contributed by atoms with E-state index in [1.54, 1.807) is 12.1 Å². The number of amides is 1. The Hall–Kier alpha value is -2.69. The van der Waals surface area contributed by atoms with Crippen molar-refractivity contribution in [1.82, 2.24) is 15.0 Å². The summed E-state index contributed by atoms with van der Waals surface area (Å²) >= 11 is 0. The molecule has 5 nitrogen and oxygen atoms in total. The lowest BCUT2D eigenvalue weighted by Crippen LogP contribution is -2.15. The number of hydrogen-bond donors (Lipinski definition) is 1. The van der Waals surface area contributed by atoms with Crippen LogP contribution in [0.4, 0.5) is 5.69 Å². The molecule has 4 rings (SSSR count). The third kappa shape index (κ3) is 3.02. The molecule has 1 aliphatic carbocycles. The predicted molar refractivity (Wildman–Crippen MR) is 94.0 cm³/mol. The number of anilines is 1. The first-order valence-electron chi connectivity index (χ1n) is 8.52. The zero-order chi connectivity index (χ0) is 16.4. The molecule has 0 bridgehead atoms. The highest BCUT2D eigenvalue weighted by atomic mass is 16.1. The summed E-state index contributed by atoms with van der Waals surface area (Å²) in [6.45, 7) is 0. The fourth-order valence-corrected chi connectivity index (χ4v) is 3.28. The molecule has 2 aromatic carbocycles. The van der Waals surface area contributed by atoms with Crippen molar-refractivity contribution in [3.63, 3.8) is 0 Å². The van der Waals surface area contributed by atoms with Crippen molar-refractivity contribution >= 4 is 22.6 Å². The van der Waals surface area contributed by atoms with Crippen LogP contribution in [-0.4, -0.2) is 20.9 Å². The molecule has 3 aromatic rings. The van der Waals surface area contributed by atoms with Crippen molar-refractivity contribution < 1.29 is 4.79 Å². The number of rotatable bonds is 3. The summed E-state index contributed by atoms with van der Waals surface area (Å²) in [5.41, 5.74) is 3.08. The molecule has 0 spiro atoms. The van der Waals surface area contributed by atoms with E-state index in [2.05, 4.69) is 15.5 Å². The van der Waals surface area contributed by atoms with Crippen LogP contribution in [0.1, 0.15) is 48.5 Å². The second-order valence-corrected chi connectivity index (χ2v) is 6.34. The Morgan fingerprint density at radius 1 is 0.958 bits per heavy atom. The van der Waals surface area contributed by atoms with Crippen LogP contribution < -0.4 is 5.32 Å². The second-order valence-electron chi connectivity index (χ2n) is 6.34. The van der Waals surface area contributed by atoms with Gasteiger partial charge in [-0.05, 0) is 43.2 Å². The highest BCUT2D eigenvalue weighted by molar-refractivity contribution is 6.04. The number of carbonyl (C=O) groups excluding carboxylic acids is 1. The Labute approximate surface area is 140 Å². The minimum Gasteiger partial charge on any atom is -0.322 e. The number of nitrogens with zero attached hydrogens (tertiary/aromatic N) is 3. The molecule has 0 aliphatic heterocycles. The topological polar surface area (TPSA) is 59.8 Å². The predicted octanol–water partition coefficient (Wildman–Crippen LogP) is 4.19. The molecule has 1 heterocycles. The third-order valence-corrected chi connectivity index (χ3v) is 4.59.